The van der Waals surface area contributed by atoms with Crippen molar-refractivity contribution in [1.82, 2.24) is 15.5 Å². The second-order valence-electron chi connectivity index (χ2n) is 15.9. The van der Waals surface area contributed by atoms with Crippen LogP contribution in [0.1, 0.15) is 162 Å². The summed E-state index contributed by atoms with van der Waals surface area (Å²) in [7, 11) is 2.00. The molecule has 0 aromatic rings. The molecule has 2 N–H and O–H groups in total. The van der Waals surface area contributed by atoms with Crippen LogP contribution in [0.15, 0.2) is 12.2 Å². The van der Waals surface area contributed by atoms with Crippen molar-refractivity contribution in [2.75, 3.05) is 20.1 Å². The summed E-state index contributed by atoms with van der Waals surface area (Å²) in [5, 5.41) is 6.41. The van der Waals surface area contributed by atoms with Crippen LogP contribution >= 0.6 is 0 Å². The summed E-state index contributed by atoms with van der Waals surface area (Å²) < 4.78 is 0. The largest absolute Gasteiger partial charge is 0.338 e. The van der Waals surface area contributed by atoms with E-state index in [1.807, 2.05) is 18.0 Å². The molecule has 0 aromatic carbocycles. The Hall–Kier alpha value is -1.52. The first-order valence-corrected chi connectivity index (χ1v) is 19.3. The van der Waals surface area contributed by atoms with E-state index in [1.165, 1.54) is 128 Å². The summed E-state index contributed by atoms with van der Waals surface area (Å²) in [5.41, 5.74) is 0.432. The highest BCUT2D eigenvalue weighted by molar-refractivity contribution is 5.89. The fraction of sp³-hybridized carbons (Fsp3) is 0.897. The Balaban J connectivity index is 1.03. The fourth-order valence-corrected chi connectivity index (χ4v) is 10.3. The Morgan fingerprint density at radius 1 is 0.773 bits per heavy atom. The molecule has 0 spiro atoms. The topological polar surface area (TPSA) is 61.4 Å². The summed E-state index contributed by atoms with van der Waals surface area (Å²) in [6.45, 7) is 8.85. The lowest BCUT2D eigenvalue weighted by atomic mass is 9.47. The lowest BCUT2D eigenvalue weighted by Crippen LogP contribution is -2.59. The molecular formula is C39H69N3O2. The third-order valence-corrected chi connectivity index (χ3v) is 13.1. The molecule has 5 nitrogen and oxygen atoms in total. The molecule has 252 valence electrons. The van der Waals surface area contributed by atoms with Crippen LogP contribution < -0.4 is 10.6 Å². The summed E-state index contributed by atoms with van der Waals surface area (Å²) >= 11 is 0. The smallest absolute Gasteiger partial charge is 0.314 e. The van der Waals surface area contributed by atoms with Gasteiger partial charge in [0.25, 0.3) is 0 Å². The molecule has 2 unspecified atom stereocenters. The molecule has 5 heteroatoms. The molecule has 0 bridgehead atoms. The Morgan fingerprint density at radius 2 is 1.36 bits per heavy atom. The van der Waals surface area contributed by atoms with Crippen molar-refractivity contribution in [3.63, 3.8) is 0 Å². The number of amides is 3. The van der Waals surface area contributed by atoms with E-state index in [1.54, 1.807) is 0 Å². The zero-order valence-electron chi connectivity index (χ0n) is 29.3. The maximum Gasteiger partial charge on any atom is 0.314 e. The highest BCUT2D eigenvalue weighted by Gasteiger charge is 2.60. The van der Waals surface area contributed by atoms with Crippen LogP contribution in [0, 0.1) is 34.5 Å². The van der Waals surface area contributed by atoms with Crippen LogP contribution in [-0.2, 0) is 4.79 Å². The molecular weight excluding hydrogens is 542 g/mol. The second-order valence-corrected chi connectivity index (χ2v) is 15.9. The second kappa shape index (κ2) is 17.4. The van der Waals surface area contributed by atoms with Crippen molar-refractivity contribution >= 4 is 11.9 Å². The molecule has 4 aliphatic rings. The molecule has 3 saturated carbocycles. The van der Waals surface area contributed by atoms with E-state index in [9.17, 15) is 9.59 Å². The number of urea groups is 1. The van der Waals surface area contributed by atoms with Crippen LogP contribution in [0.2, 0.25) is 0 Å². The number of nitrogens with zero attached hydrogens (tertiary/aromatic N) is 1. The number of carbonyl (C=O) groups excluding carboxylic acids is 2. The van der Waals surface area contributed by atoms with Crippen LogP contribution in [0.3, 0.4) is 0 Å². The summed E-state index contributed by atoms with van der Waals surface area (Å²) in [6.07, 6.45) is 33.5. The average molecular weight is 612 g/mol. The molecule has 1 aliphatic heterocycles. The average Bonchev–Trinajstić information content (AvgIpc) is 3.36. The van der Waals surface area contributed by atoms with Gasteiger partial charge in [0.05, 0.1) is 0 Å². The van der Waals surface area contributed by atoms with E-state index in [-0.39, 0.29) is 17.4 Å². The lowest BCUT2D eigenvalue weighted by Gasteiger charge is -2.60. The van der Waals surface area contributed by atoms with Crippen molar-refractivity contribution in [2.45, 2.75) is 168 Å². The first-order valence-electron chi connectivity index (χ1n) is 19.3. The first-order chi connectivity index (χ1) is 21.3. The molecule has 4 rings (SSSR count). The van der Waals surface area contributed by atoms with E-state index < -0.39 is 0 Å². The van der Waals surface area contributed by atoms with Crippen molar-refractivity contribution < 1.29 is 9.59 Å². The van der Waals surface area contributed by atoms with E-state index >= 15 is 0 Å². The van der Waals surface area contributed by atoms with Gasteiger partial charge < -0.3 is 15.5 Å². The minimum atomic E-state index is 0.0276. The normalized spacial score (nSPS) is 32.7. The summed E-state index contributed by atoms with van der Waals surface area (Å²) in [4.78, 5) is 27.0. The lowest BCUT2D eigenvalue weighted by molar-refractivity contribution is -0.138. The third kappa shape index (κ3) is 8.84. The quantitative estimate of drug-likeness (QED) is 0.143. The van der Waals surface area contributed by atoms with Crippen molar-refractivity contribution in [1.29, 1.82) is 0 Å². The van der Waals surface area contributed by atoms with Crippen molar-refractivity contribution in [2.24, 2.45) is 34.5 Å². The van der Waals surface area contributed by atoms with Gasteiger partial charge in [-0.15, -0.1) is 0 Å². The van der Waals surface area contributed by atoms with Crippen LogP contribution in [0.25, 0.3) is 0 Å². The minimum absolute atomic E-state index is 0.0276. The predicted octanol–water partition coefficient (Wildman–Crippen LogP) is 9.80. The molecule has 7 atom stereocenters. The number of fused-ring (bicyclic) bond motifs is 5. The van der Waals surface area contributed by atoms with E-state index in [0.29, 0.717) is 23.3 Å². The molecule has 44 heavy (non-hydrogen) atoms. The van der Waals surface area contributed by atoms with Gasteiger partial charge in [-0.05, 0) is 80.1 Å². The molecule has 0 radical (unpaired) electrons. The van der Waals surface area contributed by atoms with Gasteiger partial charge in [0.15, 0.2) is 0 Å². The van der Waals surface area contributed by atoms with Crippen LogP contribution in [-0.4, -0.2) is 43.0 Å². The Morgan fingerprint density at radius 3 is 1.98 bits per heavy atom. The Labute approximate surface area is 271 Å². The highest BCUT2D eigenvalue weighted by atomic mass is 16.2. The molecule has 3 aliphatic carbocycles. The molecule has 0 saturated heterocycles. The van der Waals surface area contributed by atoms with Gasteiger partial charge in [0.2, 0.25) is 5.91 Å². The Kier molecular flexibility index (Phi) is 14.0. The van der Waals surface area contributed by atoms with Gasteiger partial charge in [-0.25, -0.2) is 4.79 Å². The number of hydrogen-bond donors (Lipinski definition) is 2. The third-order valence-electron chi connectivity index (χ3n) is 13.1. The number of unbranched alkanes of at least 4 members (excludes halogenated alkanes) is 15. The van der Waals surface area contributed by atoms with Gasteiger partial charge in [0, 0.05) is 31.6 Å². The number of rotatable bonds is 19. The maximum atomic E-state index is 12.6. The van der Waals surface area contributed by atoms with Gasteiger partial charge in [-0.1, -0.05) is 123 Å². The zero-order chi connectivity index (χ0) is 31.4. The van der Waals surface area contributed by atoms with Gasteiger partial charge in [-0.2, -0.15) is 0 Å². The predicted molar refractivity (Wildman–Crippen MR) is 185 cm³/mol. The summed E-state index contributed by atoms with van der Waals surface area (Å²) in [5.74, 6) is 2.91. The SMILES string of the molecule is CCCCCCCCCCCCCCCCCCNC(=O)NCC1CC[C@H]2[C@@H]3CCC4N(C)C(=O)C=C[C@]4(C)[C@@H]3CC[C@]12C. The monoisotopic (exact) mass is 612 g/mol. The number of nitrogens with one attached hydrogen (secondary N) is 2. The fourth-order valence-electron chi connectivity index (χ4n) is 10.3. The molecule has 0 aromatic heterocycles. The van der Waals surface area contributed by atoms with Crippen molar-refractivity contribution in [3.05, 3.63) is 12.2 Å². The summed E-state index contributed by atoms with van der Waals surface area (Å²) in [6, 6.07) is 0.377. The Bertz CT molecular complexity index is 919. The number of likely N-dealkylation sites (N-methyl/N-ethyl adjacent to an activating group) is 1. The maximum absolute atomic E-state index is 12.6. The minimum Gasteiger partial charge on any atom is -0.338 e. The molecule has 3 fully saturated rings. The first kappa shape index (κ1) is 35.3. The highest BCUT2D eigenvalue weighted by Crippen LogP contribution is 2.65. The van der Waals surface area contributed by atoms with E-state index in [4.69, 9.17) is 0 Å². The van der Waals surface area contributed by atoms with Crippen LogP contribution in [0.4, 0.5) is 4.79 Å². The zero-order valence-corrected chi connectivity index (χ0v) is 29.3. The molecule has 1 heterocycles. The van der Waals surface area contributed by atoms with Crippen molar-refractivity contribution in [3.8, 4) is 0 Å². The van der Waals surface area contributed by atoms with Crippen LogP contribution in [0.5, 0.6) is 0 Å². The van der Waals surface area contributed by atoms with Gasteiger partial charge >= 0.3 is 6.03 Å². The number of hydrogen-bond acceptors (Lipinski definition) is 2. The van der Waals surface area contributed by atoms with E-state index in [2.05, 4.69) is 37.5 Å². The number of carbonyl (C=O) groups is 2. The molecule has 3 amide bonds. The standard InChI is InChI=1S/C39H69N3O2/c1-5-6-7-8-9-10-11-12-13-14-15-16-17-18-19-20-29-40-37(44)41-30-31-21-23-33-32-22-24-35-39(3,28-26-36(43)42(35)4)34(32)25-27-38(31,33)2/h26,28,31-35H,5-25,27,29-30H2,1-4H3,(H2,40,41,44)/t31?,32-,33-,34+,35?,38+,39+/m0/s1. The van der Waals surface area contributed by atoms with Gasteiger partial charge in [0.1, 0.15) is 0 Å². The van der Waals surface area contributed by atoms with E-state index in [0.717, 1.165) is 37.8 Å². The van der Waals surface area contributed by atoms with Gasteiger partial charge in [-0.3, -0.25) is 4.79 Å².